The summed E-state index contributed by atoms with van der Waals surface area (Å²) < 4.78 is 45.6. The number of anilines is 1. The maximum atomic E-state index is 13.9. The van der Waals surface area contributed by atoms with Gasteiger partial charge in [-0.25, -0.2) is 17.1 Å². The zero-order valence-corrected chi connectivity index (χ0v) is 14.8. The van der Waals surface area contributed by atoms with E-state index in [2.05, 4.69) is 4.98 Å². The fraction of sp³-hybridized carbons (Fsp3) is 0.111. The average molecular weight is 371 g/mol. The number of sulfonamides is 1. The van der Waals surface area contributed by atoms with E-state index in [1.807, 2.05) is 25.1 Å². The van der Waals surface area contributed by atoms with Crippen LogP contribution in [-0.2, 0) is 10.0 Å². The van der Waals surface area contributed by atoms with Crippen LogP contribution in [0, 0.1) is 24.1 Å². The normalized spacial score (nSPS) is 11.2. The van der Waals surface area contributed by atoms with Crippen molar-refractivity contribution in [2.75, 3.05) is 11.4 Å². The molecule has 3 rings (SSSR count). The van der Waals surface area contributed by atoms with E-state index in [4.69, 9.17) is 4.42 Å². The number of hydrogen-bond donors (Lipinski definition) is 0. The second-order valence-corrected chi connectivity index (χ2v) is 7.49. The third kappa shape index (κ3) is 3.05. The lowest BCUT2D eigenvalue weighted by Crippen LogP contribution is -2.27. The molecule has 8 heteroatoms. The minimum atomic E-state index is -4.26. The Morgan fingerprint density at radius 2 is 1.81 bits per heavy atom. The van der Waals surface area contributed by atoms with Crippen LogP contribution in [0.25, 0.3) is 11.5 Å². The number of halogens is 1. The zero-order valence-electron chi connectivity index (χ0n) is 14.0. The van der Waals surface area contributed by atoms with Gasteiger partial charge in [0.2, 0.25) is 17.5 Å². The van der Waals surface area contributed by atoms with Crippen LogP contribution in [0.5, 0.6) is 0 Å². The molecule has 0 radical (unpaired) electrons. The van der Waals surface area contributed by atoms with Gasteiger partial charge < -0.3 is 4.42 Å². The lowest BCUT2D eigenvalue weighted by atomic mass is 10.1. The minimum Gasteiger partial charge on any atom is -0.418 e. The Morgan fingerprint density at radius 3 is 2.42 bits per heavy atom. The SMILES string of the molecule is Cc1ccc(-c2nc(C#N)c(N(C)S(=O)(=O)c3ccccc3F)o2)cc1. The molecule has 0 aliphatic carbocycles. The molecule has 1 heterocycles. The van der Waals surface area contributed by atoms with E-state index in [0.717, 1.165) is 17.7 Å². The second kappa shape index (κ2) is 6.61. The van der Waals surface area contributed by atoms with Crippen LogP contribution in [0.3, 0.4) is 0 Å². The van der Waals surface area contributed by atoms with Gasteiger partial charge in [-0.1, -0.05) is 29.8 Å². The molecule has 0 spiro atoms. The number of nitrogens with zero attached hydrogens (tertiary/aromatic N) is 3. The van der Waals surface area contributed by atoms with Crippen LogP contribution < -0.4 is 4.31 Å². The number of benzene rings is 2. The quantitative estimate of drug-likeness (QED) is 0.701. The molecule has 0 amide bonds. The number of aryl methyl sites for hydroxylation is 1. The van der Waals surface area contributed by atoms with E-state index in [-0.39, 0.29) is 17.5 Å². The van der Waals surface area contributed by atoms with E-state index in [9.17, 15) is 18.1 Å². The molecule has 26 heavy (non-hydrogen) atoms. The van der Waals surface area contributed by atoms with Crippen molar-refractivity contribution >= 4 is 15.9 Å². The fourth-order valence-electron chi connectivity index (χ4n) is 2.33. The van der Waals surface area contributed by atoms with Crippen molar-refractivity contribution in [2.45, 2.75) is 11.8 Å². The van der Waals surface area contributed by atoms with Gasteiger partial charge in [0.05, 0.1) is 0 Å². The first-order chi connectivity index (χ1) is 12.3. The van der Waals surface area contributed by atoms with Gasteiger partial charge in [0.1, 0.15) is 16.8 Å². The van der Waals surface area contributed by atoms with Crippen molar-refractivity contribution in [3.05, 3.63) is 65.6 Å². The summed E-state index contributed by atoms with van der Waals surface area (Å²) in [4.78, 5) is 3.54. The molecule has 6 nitrogen and oxygen atoms in total. The Kier molecular flexibility index (Phi) is 4.49. The van der Waals surface area contributed by atoms with Gasteiger partial charge in [-0.2, -0.15) is 10.2 Å². The van der Waals surface area contributed by atoms with Gasteiger partial charge in [0.25, 0.3) is 10.0 Å². The van der Waals surface area contributed by atoms with Crippen molar-refractivity contribution in [1.29, 1.82) is 5.26 Å². The topological polar surface area (TPSA) is 87.2 Å². The van der Waals surface area contributed by atoms with Gasteiger partial charge in [-0.15, -0.1) is 0 Å². The predicted octanol–water partition coefficient (Wildman–Crippen LogP) is 3.49. The number of rotatable bonds is 4. The number of nitriles is 1. The highest BCUT2D eigenvalue weighted by Gasteiger charge is 2.30. The van der Waals surface area contributed by atoms with Gasteiger partial charge in [0.15, 0.2) is 0 Å². The average Bonchev–Trinajstić information content (AvgIpc) is 3.06. The van der Waals surface area contributed by atoms with Crippen molar-refractivity contribution < 1.29 is 17.2 Å². The van der Waals surface area contributed by atoms with Crippen molar-refractivity contribution in [3.63, 3.8) is 0 Å². The highest BCUT2D eigenvalue weighted by atomic mass is 32.2. The van der Waals surface area contributed by atoms with Crippen LogP contribution in [0.4, 0.5) is 10.3 Å². The fourth-order valence-corrected chi connectivity index (χ4v) is 3.53. The highest BCUT2D eigenvalue weighted by molar-refractivity contribution is 7.92. The van der Waals surface area contributed by atoms with E-state index >= 15 is 0 Å². The minimum absolute atomic E-state index is 0.104. The number of oxazole rings is 1. The standard InChI is InChI=1S/C18H14FN3O3S/c1-12-7-9-13(10-8-12)17-21-15(11-20)18(25-17)22(2)26(23,24)16-6-4-3-5-14(16)19/h3-10H,1-2H3. The highest BCUT2D eigenvalue weighted by Crippen LogP contribution is 2.31. The molecule has 0 aliphatic rings. The molecule has 2 aromatic carbocycles. The van der Waals surface area contributed by atoms with E-state index in [1.165, 1.54) is 19.2 Å². The monoisotopic (exact) mass is 371 g/mol. The maximum Gasteiger partial charge on any atom is 0.269 e. The molecule has 0 atom stereocenters. The number of aromatic nitrogens is 1. The smallest absolute Gasteiger partial charge is 0.269 e. The summed E-state index contributed by atoms with van der Waals surface area (Å²) in [7, 11) is -3.07. The van der Waals surface area contributed by atoms with Crippen LogP contribution in [0.15, 0.2) is 57.8 Å². The Labute approximate surface area is 150 Å². The first kappa shape index (κ1) is 17.6. The van der Waals surface area contributed by atoms with E-state index in [1.54, 1.807) is 12.1 Å². The Balaban J connectivity index is 2.08. The Bertz CT molecular complexity index is 1100. The maximum absolute atomic E-state index is 13.9. The lowest BCUT2D eigenvalue weighted by molar-refractivity contribution is 0.551. The molecule has 0 unspecified atom stereocenters. The molecule has 0 saturated carbocycles. The third-order valence-corrected chi connectivity index (χ3v) is 5.55. The van der Waals surface area contributed by atoms with Gasteiger partial charge in [-0.3, -0.25) is 0 Å². The predicted molar refractivity (Wildman–Crippen MR) is 93.4 cm³/mol. The molecule has 0 N–H and O–H groups in total. The summed E-state index contributed by atoms with van der Waals surface area (Å²) in [6, 6.07) is 14.0. The van der Waals surface area contributed by atoms with Crippen LogP contribution in [0.2, 0.25) is 0 Å². The van der Waals surface area contributed by atoms with E-state index in [0.29, 0.717) is 9.87 Å². The van der Waals surface area contributed by atoms with Crippen LogP contribution in [-0.4, -0.2) is 20.4 Å². The summed E-state index contributed by atoms with van der Waals surface area (Å²) in [5.41, 5.74) is 1.42. The third-order valence-electron chi connectivity index (χ3n) is 3.77. The largest absolute Gasteiger partial charge is 0.418 e. The molecule has 0 fully saturated rings. The first-order valence-electron chi connectivity index (χ1n) is 7.56. The Morgan fingerprint density at radius 1 is 1.15 bits per heavy atom. The Hall–Kier alpha value is -3.18. The van der Waals surface area contributed by atoms with Crippen molar-refractivity contribution in [2.24, 2.45) is 0 Å². The molecular formula is C18H14FN3O3S. The van der Waals surface area contributed by atoms with Crippen LogP contribution >= 0.6 is 0 Å². The molecule has 3 aromatic rings. The lowest BCUT2D eigenvalue weighted by Gasteiger charge is -2.16. The zero-order chi connectivity index (χ0) is 18.9. The van der Waals surface area contributed by atoms with E-state index < -0.39 is 20.7 Å². The second-order valence-electron chi connectivity index (χ2n) is 5.55. The molecule has 1 aromatic heterocycles. The molecular weight excluding hydrogens is 357 g/mol. The van der Waals surface area contributed by atoms with Crippen molar-refractivity contribution in [1.82, 2.24) is 4.98 Å². The van der Waals surface area contributed by atoms with Gasteiger partial charge >= 0.3 is 0 Å². The molecule has 0 aliphatic heterocycles. The summed E-state index contributed by atoms with van der Waals surface area (Å²) in [5, 5.41) is 9.29. The van der Waals surface area contributed by atoms with Crippen LogP contribution in [0.1, 0.15) is 11.3 Å². The number of hydrogen-bond acceptors (Lipinski definition) is 5. The van der Waals surface area contributed by atoms with Crippen molar-refractivity contribution in [3.8, 4) is 17.5 Å². The molecule has 132 valence electrons. The summed E-state index contributed by atoms with van der Waals surface area (Å²) in [6.07, 6.45) is 0. The molecule has 0 saturated heterocycles. The van der Waals surface area contributed by atoms with Gasteiger partial charge in [0, 0.05) is 12.6 Å². The first-order valence-corrected chi connectivity index (χ1v) is 9.00. The summed E-state index contributed by atoms with van der Waals surface area (Å²) in [5.74, 6) is -1.06. The summed E-state index contributed by atoms with van der Waals surface area (Å²) >= 11 is 0. The van der Waals surface area contributed by atoms with Gasteiger partial charge in [-0.05, 0) is 31.2 Å². The molecule has 0 bridgehead atoms. The summed E-state index contributed by atoms with van der Waals surface area (Å²) in [6.45, 7) is 1.92.